The highest BCUT2D eigenvalue weighted by atomic mass is 33.1. The van der Waals surface area contributed by atoms with Gasteiger partial charge in [0.2, 0.25) is 5.43 Å². The maximum Gasteiger partial charge on any atom is 0.201 e. The normalized spacial score (nSPS) is 27.8. The lowest BCUT2D eigenvalue weighted by Gasteiger charge is -2.54. The molecule has 3 aromatic rings. The summed E-state index contributed by atoms with van der Waals surface area (Å²) in [6.07, 6.45) is 9.33. The molecule has 0 radical (unpaired) electrons. The largest absolute Gasteiger partial charge is 0.489 e. The Labute approximate surface area is 315 Å². The molecule has 4 atom stereocenters. The van der Waals surface area contributed by atoms with Gasteiger partial charge in [-0.05, 0) is 76.1 Å². The number of allylic oxidation sites excluding steroid dienone is 1. The summed E-state index contributed by atoms with van der Waals surface area (Å²) < 4.78 is 20.6. The Hall–Kier alpha value is -3.40. The number of hydrogen-bond acceptors (Lipinski definition) is 12. The minimum absolute atomic E-state index is 0.0827. The topological polar surface area (TPSA) is 206 Å². The number of aliphatic imine (C=N–C) groups is 1. The van der Waals surface area contributed by atoms with Crippen molar-refractivity contribution in [2.45, 2.75) is 112 Å². The molecule has 1 spiro atoms. The number of aliphatic hydroxyl groups excluding tert-OH is 1. The van der Waals surface area contributed by atoms with E-state index in [9.17, 15) is 20.5 Å². The van der Waals surface area contributed by atoms with E-state index < -0.39 is 40.8 Å². The standard InChI is InChI=1S/C39H48N4O8S2/c1-36(2,46)27-17-25-31(50-27)26-18-52-53-20-38(19-44,42-35(40)41)37(14-5-6-15-37)39(47)16-13-24(21-9-11-22(43-48)12-10-21)28-30(45)29(33(26)51-34(28)39)32(25)49-23-7-3-4-8-23/h9-13,16,23-24,27,43-44,46-48H,3-8,14-15,17-20H2,1-2H3,(H4,40,41,42)/t24-,27+,38-,39+/m0/s1. The zero-order valence-electron chi connectivity index (χ0n) is 30.0. The van der Waals surface area contributed by atoms with Crippen LogP contribution in [0.2, 0.25) is 0 Å². The molecule has 2 saturated carbocycles. The number of guanidine groups is 1. The van der Waals surface area contributed by atoms with Crippen LogP contribution in [0.4, 0.5) is 5.69 Å². The third kappa shape index (κ3) is 5.66. The van der Waals surface area contributed by atoms with E-state index in [1.165, 1.54) is 21.6 Å². The first-order valence-electron chi connectivity index (χ1n) is 18.5. The molecule has 0 unspecified atom stereocenters. The second-order valence-corrected chi connectivity index (χ2v) is 18.3. The molecule has 0 saturated heterocycles. The van der Waals surface area contributed by atoms with Crippen molar-refractivity contribution in [1.82, 2.24) is 0 Å². The Balaban J connectivity index is 1.49. The number of aliphatic hydroxyl groups is 3. The zero-order valence-corrected chi connectivity index (χ0v) is 31.7. The molecular weight excluding hydrogens is 717 g/mol. The van der Waals surface area contributed by atoms with Crippen molar-refractivity contribution >= 4 is 44.2 Å². The van der Waals surface area contributed by atoms with Gasteiger partial charge in [0, 0.05) is 40.4 Å². The minimum atomic E-state index is -1.92. The van der Waals surface area contributed by atoms with Crippen LogP contribution in [0.5, 0.6) is 11.5 Å². The molecule has 5 aliphatic rings. The van der Waals surface area contributed by atoms with Gasteiger partial charge in [-0.3, -0.25) is 15.5 Å². The molecule has 53 heavy (non-hydrogen) atoms. The molecule has 2 bridgehead atoms. The molecule has 14 heteroatoms. The lowest BCUT2D eigenvalue weighted by molar-refractivity contribution is -0.114. The number of benzene rings is 2. The van der Waals surface area contributed by atoms with E-state index in [4.69, 9.17) is 30.4 Å². The van der Waals surface area contributed by atoms with Gasteiger partial charge >= 0.3 is 0 Å². The van der Waals surface area contributed by atoms with Crippen LogP contribution in [-0.2, 0) is 17.8 Å². The highest BCUT2D eigenvalue weighted by Crippen LogP contribution is 2.64. The molecule has 0 amide bonds. The fourth-order valence-corrected chi connectivity index (χ4v) is 12.2. The van der Waals surface area contributed by atoms with Crippen LogP contribution in [0, 0.1) is 5.41 Å². The molecule has 1 aromatic heterocycles. The molecule has 3 aliphatic carbocycles. The van der Waals surface area contributed by atoms with Crippen molar-refractivity contribution in [3.63, 3.8) is 0 Å². The predicted molar refractivity (Wildman–Crippen MR) is 207 cm³/mol. The van der Waals surface area contributed by atoms with Crippen molar-refractivity contribution in [3.8, 4) is 11.5 Å². The highest BCUT2D eigenvalue weighted by molar-refractivity contribution is 8.76. The Kier molecular flexibility index (Phi) is 9.26. The van der Waals surface area contributed by atoms with Gasteiger partial charge in [-0.1, -0.05) is 52.6 Å². The number of anilines is 1. The molecule has 284 valence electrons. The van der Waals surface area contributed by atoms with E-state index >= 15 is 4.79 Å². The smallest absolute Gasteiger partial charge is 0.201 e. The number of nitrogens with one attached hydrogen (secondary N) is 1. The number of ether oxygens (including phenoxy) is 2. The molecular formula is C39H48N4O8S2. The van der Waals surface area contributed by atoms with Gasteiger partial charge in [0.15, 0.2) is 5.96 Å². The number of hydrogen-bond donors (Lipinski definition) is 7. The summed E-state index contributed by atoms with van der Waals surface area (Å²) in [5, 5.41) is 46.0. The summed E-state index contributed by atoms with van der Waals surface area (Å²) in [5.74, 6) is 0.782. The van der Waals surface area contributed by atoms with E-state index in [-0.39, 0.29) is 40.2 Å². The molecule has 12 nitrogen and oxygen atoms in total. The maximum atomic E-state index is 15.7. The van der Waals surface area contributed by atoms with Crippen molar-refractivity contribution in [1.29, 1.82) is 0 Å². The van der Waals surface area contributed by atoms with Crippen molar-refractivity contribution < 1.29 is 34.4 Å². The maximum absolute atomic E-state index is 15.7. The Morgan fingerprint density at radius 2 is 1.81 bits per heavy atom. The van der Waals surface area contributed by atoms with Gasteiger partial charge in [0.05, 0.1) is 29.6 Å². The van der Waals surface area contributed by atoms with Gasteiger partial charge in [0.1, 0.15) is 45.5 Å². The molecule has 3 heterocycles. The SMILES string of the molecule is CC(C)(O)[C@H]1Cc2c(c3c4oc5c(c(=O)c4c2OC2CCCC2)[C@H](c2ccc(NO)cc2)C=C[C@]5(O)C2(CCCC2)[C@@](CO)(N=C(N)N)CSSC3)O1. The second kappa shape index (κ2) is 13.4. The summed E-state index contributed by atoms with van der Waals surface area (Å²) in [7, 11) is 2.99. The van der Waals surface area contributed by atoms with Crippen molar-refractivity contribution in [2.24, 2.45) is 21.9 Å². The van der Waals surface area contributed by atoms with Gasteiger partial charge < -0.3 is 40.7 Å². The predicted octanol–water partition coefficient (Wildman–Crippen LogP) is 5.34. The monoisotopic (exact) mass is 764 g/mol. The molecule has 2 fully saturated rings. The molecule has 2 aromatic carbocycles. The number of rotatable bonds is 7. The summed E-state index contributed by atoms with van der Waals surface area (Å²) in [6.45, 7) is 2.97. The Morgan fingerprint density at radius 1 is 1.09 bits per heavy atom. The molecule has 8 rings (SSSR count). The first-order valence-corrected chi connectivity index (χ1v) is 21.0. The lowest BCUT2D eigenvalue weighted by Crippen LogP contribution is -2.62. The van der Waals surface area contributed by atoms with Gasteiger partial charge in [-0.15, -0.1) is 0 Å². The third-order valence-corrected chi connectivity index (χ3v) is 14.7. The summed E-state index contributed by atoms with van der Waals surface area (Å²) in [6, 6.07) is 7.07. The van der Waals surface area contributed by atoms with Gasteiger partial charge in [0.25, 0.3) is 0 Å². The van der Waals surface area contributed by atoms with Crippen LogP contribution < -0.4 is 31.8 Å². The van der Waals surface area contributed by atoms with E-state index in [2.05, 4.69) is 5.48 Å². The van der Waals surface area contributed by atoms with E-state index in [0.29, 0.717) is 53.2 Å². The first kappa shape index (κ1) is 36.6. The first-order chi connectivity index (χ1) is 25.4. The van der Waals surface area contributed by atoms with Crippen LogP contribution in [0.25, 0.3) is 11.0 Å². The lowest BCUT2D eigenvalue weighted by atomic mass is 9.56. The van der Waals surface area contributed by atoms with Gasteiger partial charge in [-0.25, -0.2) is 4.99 Å². The number of nitrogens with zero attached hydrogens (tertiary/aromatic N) is 1. The van der Waals surface area contributed by atoms with Crippen molar-refractivity contribution in [3.05, 3.63) is 74.7 Å². The average Bonchev–Trinajstić information content (AvgIpc) is 3.93. The zero-order chi connectivity index (χ0) is 37.3. The van der Waals surface area contributed by atoms with Crippen LogP contribution in [0.1, 0.15) is 99.1 Å². The number of fused-ring (bicyclic) bond motifs is 3. The van der Waals surface area contributed by atoms with Gasteiger partial charge in [-0.2, -0.15) is 0 Å². The second-order valence-electron chi connectivity index (χ2n) is 15.9. The third-order valence-electron chi connectivity index (χ3n) is 12.3. The summed E-state index contributed by atoms with van der Waals surface area (Å²) in [4.78, 5) is 20.4. The van der Waals surface area contributed by atoms with Crippen LogP contribution in [0.15, 0.2) is 50.6 Å². The quantitative estimate of drug-likeness (QED) is 0.0534. The fraction of sp³-hybridized carbons (Fsp3) is 0.538. The summed E-state index contributed by atoms with van der Waals surface area (Å²) in [5.41, 5.74) is 11.6. The number of nitrogens with two attached hydrogens (primary N) is 2. The fourth-order valence-electron chi connectivity index (χ4n) is 9.60. The molecule has 9 N–H and O–H groups in total. The highest BCUT2D eigenvalue weighted by Gasteiger charge is 2.66. The Bertz CT molecular complexity index is 2030. The Morgan fingerprint density at radius 3 is 2.45 bits per heavy atom. The van der Waals surface area contributed by atoms with Crippen LogP contribution in [0.3, 0.4) is 0 Å². The minimum Gasteiger partial charge on any atom is -0.489 e. The summed E-state index contributed by atoms with van der Waals surface area (Å²) >= 11 is 0. The van der Waals surface area contributed by atoms with Crippen LogP contribution >= 0.6 is 21.6 Å². The van der Waals surface area contributed by atoms with Crippen molar-refractivity contribution in [2.75, 3.05) is 17.8 Å². The molecule has 2 aliphatic heterocycles. The van der Waals surface area contributed by atoms with E-state index in [0.717, 1.165) is 49.7 Å². The average molecular weight is 765 g/mol. The van der Waals surface area contributed by atoms with E-state index in [1.807, 2.05) is 18.2 Å². The van der Waals surface area contributed by atoms with Crippen LogP contribution in [-0.4, -0.2) is 62.2 Å². The van der Waals surface area contributed by atoms with E-state index in [1.54, 1.807) is 32.1 Å².